The molecule has 4 saturated carbocycles. The fraction of sp³-hybridized carbons (Fsp3) is 0.913. The van der Waals surface area contributed by atoms with Crippen molar-refractivity contribution >= 4 is 0 Å². The Hall–Kier alpha value is -0.300. The van der Waals surface area contributed by atoms with Crippen LogP contribution in [0.15, 0.2) is 12.2 Å². The molecule has 4 fully saturated rings. The van der Waals surface area contributed by atoms with Gasteiger partial charge in [-0.15, -0.1) is 0 Å². The van der Waals surface area contributed by atoms with Crippen molar-refractivity contribution in [2.75, 3.05) is 0 Å². The highest BCUT2D eigenvalue weighted by Crippen LogP contribution is 2.68. The largest absolute Gasteiger partial charge is 0.390 e. The Kier molecular flexibility index (Phi) is 3.82. The molecule has 4 aliphatic rings. The van der Waals surface area contributed by atoms with Crippen molar-refractivity contribution in [1.82, 2.24) is 0 Å². The second-order valence-electron chi connectivity index (χ2n) is 10.9. The van der Waals surface area contributed by atoms with E-state index in [0.29, 0.717) is 10.8 Å². The molecular formula is C23H38O. The lowest BCUT2D eigenvalue weighted by Crippen LogP contribution is -2.55. The molecule has 1 heteroatoms. The van der Waals surface area contributed by atoms with E-state index in [9.17, 15) is 5.11 Å². The van der Waals surface area contributed by atoms with Crippen molar-refractivity contribution in [3.63, 3.8) is 0 Å². The lowest BCUT2D eigenvalue weighted by atomic mass is 9.44. The number of rotatable bonds is 1. The average Bonchev–Trinajstić information content (AvgIpc) is 2.85. The van der Waals surface area contributed by atoms with Crippen LogP contribution in [-0.2, 0) is 0 Å². The molecule has 0 aliphatic heterocycles. The monoisotopic (exact) mass is 330 g/mol. The van der Waals surface area contributed by atoms with E-state index < -0.39 is 5.60 Å². The van der Waals surface area contributed by atoms with Crippen molar-refractivity contribution in [2.24, 2.45) is 40.4 Å². The standard InChI is InChI=1S/C23H38O/c1-15(2)18-8-9-19-17-7-6-16-14-21(3,24)12-13-22(16,4)20(17)10-11-23(18,19)5/h16-20,24H,1,6-14H2,2-5H3/t16?,17-,18+,19?,20?,21+,22-,23+/m0/s1. The lowest BCUT2D eigenvalue weighted by Gasteiger charge is -2.62. The second kappa shape index (κ2) is 5.35. The normalized spacial score (nSPS) is 57.0. The van der Waals surface area contributed by atoms with Gasteiger partial charge in [-0.05, 0) is 112 Å². The van der Waals surface area contributed by atoms with E-state index in [1.165, 1.54) is 50.5 Å². The molecule has 0 bridgehead atoms. The minimum atomic E-state index is -0.404. The van der Waals surface area contributed by atoms with Gasteiger partial charge in [-0.3, -0.25) is 0 Å². The van der Waals surface area contributed by atoms with E-state index in [1.807, 2.05) is 0 Å². The minimum Gasteiger partial charge on any atom is -0.390 e. The zero-order valence-electron chi connectivity index (χ0n) is 16.4. The first-order chi connectivity index (χ1) is 11.2. The molecule has 0 radical (unpaired) electrons. The Balaban J connectivity index is 1.61. The van der Waals surface area contributed by atoms with Crippen LogP contribution in [-0.4, -0.2) is 10.7 Å². The van der Waals surface area contributed by atoms with Gasteiger partial charge < -0.3 is 5.11 Å². The summed E-state index contributed by atoms with van der Waals surface area (Å²) in [6.07, 6.45) is 11.7. The van der Waals surface area contributed by atoms with Gasteiger partial charge in [0.15, 0.2) is 0 Å². The molecule has 4 aliphatic carbocycles. The molecule has 0 aromatic heterocycles. The van der Waals surface area contributed by atoms with Crippen molar-refractivity contribution in [3.05, 3.63) is 12.2 Å². The molecule has 24 heavy (non-hydrogen) atoms. The number of aliphatic hydroxyl groups is 1. The summed E-state index contributed by atoms with van der Waals surface area (Å²) in [7, 11) is 0. The van der Waals surface area contributed by atoms with E-state index in [1.54, 1.807) is 0 Å². The molecular weight excluding hydrogens is 292 g/mol. The third-order valence-corrected chi connectivity index (χ3v) is 9.55. The summed E-state index contributed by atoms with van der Waals surface area (Å²) in [5.41, 5.74) is 2.05. The highest BCUT2D eigenvalue weighted by atomic mass is 16.3. The fourth-order valence-corrected chi connectivity index (χ4v) is 8.24. The fourth-order valence-electron chi connectivity index (χ4n) is 8.24. The van der Waals surface area contributed by atoms with Crippen LogP contribution in [0, 0.1) is 40.4 Å². The molecule has 1 N–H and O–H groups in total. The van der Waals surface area contributed by atoms with Crippen LogP contribution in [0.4, 0.5) is 0 Å². The Morgan fingerprint density at radius 1 is 0.875 bits per heavy atom. The van der Waals surface area contributed by atoms with Gasteiger partial charge in [-0.1, -0.05) is 26.0 Å². The zero-order chi connectivity index (χ0) is 17.3. The van der Waals surface area contributed by atoms with Crippen LogP contribution in [0.25, 0.3) is 0 Å². The molecule has 0 aromatic carbocycles. The molecule has 0 heterocycles. The van der Waals surface area contributed by atoms with Crippen molar-refractivity contribution < 1.29 is 5.11 Å². The quantitative estimate of drug-likeness (QED) is 0.587. The SMILES string of the molecule is C=C(C)[C@H]1CCC2[C@@H]3CCC4C[C@](C)(O)CC[C@]4(C)C3CC[C@@]21C. The lowest BCUT2D eigenvalue weighted by molar-refractivity contribution is -0.144. The first kappa shape index (κ1) is 17.1. The smallest absolute Gasteiger partial charge is 0.0622 e. The summed E-state index contributed by atoms with van der Waals surface area (Å²) in [6.45, 7) is 13.9. The van der Waals surface area contributed by atoms with Crippen molar-refractivity contribution in [3.8, 4) is 0 Å². The van der Waals surface area contributed by atoms with E-state index in [4.69, 9.17) is 0 Å². The molecule has 0 saturated heterocycles. The van der Waals surface area contributed by atoms with Gasteiger partial charge in [0, 0.05) is 0 Å². The van der Waals surface area contributed by atoms with E-state index >= 15 is 0 Å². The average molecular weight is 331 g/mol. The number of hydrogen-bond donors (Lipinski definition) is 1. The third-order valence-electron chi connectivity index (χ3n) is 9.55. The molecule has 1 nitrogen and oxygen atoms in total. The van der Waals surface area contributed by atoms with Crippen LogP contribution >= 0.6 is 0 Å². The number of allylic oxidation sites excluding steroid dienone is 1. The Labute approximate surface area is 149 Å². The Morgan fingerprint density at radius 2 is 1.58 bits per heavy atom. The minimum absolute atomic E-state index is 0.404. The maximum Gasteiger partial charge on any atom is 0.0622 e. The molecule has 0 spiro atoms. The summed E-state index contributed by atoms with van der Waals surface area (Å²) >= 11 is 0. The molecule has 8 atom stereocenters. The van der Waals surface area contributed by atoms with E-state index in [0.717, 1.165) is 42.4 Å². The van der Waals surface area contributed by atoms with Gasteiger partial charge in [0.1, 0.15) is 0 Å². The Morgan fingerprint density at radius 3 is 2.29 bits per heavy atom. The topological polar surface area (TPSA) is 20.2 Å². The maximum atomic E-state index is 10.6. The van der Waals surface area contributed by atoms with Crippen LogP contribution in [0.5, 0.6) is 0 Å². The van der Waals surface area contributed by atoms with Crippen molar-refractivity contribution in [1.29, 1.82) is 0 Å². The summed E-state index contributed by atoms with van der Waals surface area (Å²) in [4.78, 5) is 0. The molecule has 136 valence electrons. The predicted molar refractivity (Wildman–Crippen MR) is 101 cm³/mol. The molecule has 0 amide bonds. The second-order valence-corrected chi connectivity index (χ2v) is 10.9. The number of fused-ring (bicyclic) bond motifs is 5. The zero-order valence-corrected chi connectivity index (χ0v) is 16.4. The van der Waals surface area contributed by atoms with Gasteiger partial charge in [0.2, 0.25) is 0 Å². The van der Waals surface area contributed by atoms with E-state index in [-0.39, 0.29) is 0 Å². The third kappa shape index (κ3) is 2.29. The summed E-state index contributed by atoms with van der Waals surface area (Å²) in [5.74, 6) is 4.30. The van der Waals surface area contributed by atoms with Crippen molar-refractivity contribution in [2.45, 2.75) is 91.1 Å². The van der Waals surface area contributed by atoms with Gasteiger partial charge in [-0.25, -0.2) is 0 Å². The van der Waals surface area contributed by atoms with Crippen LogP contribution in [0.3, 0.4) is 0 Å². The highest BCUT2D eigenvalue weighted by molar-refractivity contribution is 5.15. The summed E-state index contributed by atoms with van der Waals surface area (Å²) < 4.78 is 0. The first-order valence-corrected chi connectivity index (χ1v) is 10.6. The van der Waals surface area contributed by atoms with Gasteiger partial charge in [-0.2, -0.15) is 0 Å². The molecule has 0 aromatic rings. The summed E-state index contributed by atoms with van der Waals surface area (Å²) in [6, 6.07) is 0. The van der Waals surface area contributed by atoms with E-state index in [2.05, 4.69) is 34.3 Å². The molecule has 4 rings (SSSR count). The number of hydrogen-bond acceptors (Lipinski definition) is 1. The highest BCUT2D eigenvalue weighted by Gasteiger charge is 2.60. The van der Waals surface area contributed by atoms with Gasteiger partial charge in [0.05, 0.1) is 5.60 Å². The van der Waals surface area contributed by atoms with Crippen LogP contribution in [0.2, 0.25) is 0 Å². The first-order valence-electron chi connectivity index (χ1n) is 10.6. The Bertz CT molecular complexity index is 534. The van der Waals surface area contributed by atoms with Crippen LogP contribution < -0.4 is 0 Å². The van der Waals surface area contributed by atoms with Gasteiger partial charge in [0.25, 0.3) is 0 Å². The van der Waals surface area contributed by atoms with Gasteiger partial charge >= 0.3 is 0 Å². The van der Waals surface area contributed by atoms with Crippen LogP contribution in [0.1, 0.15) is 85.5 Å². The maximum absolute atomic E-state index is 10.6. The summed E-state index contributed by atoms with van der Waals surface area (Å²) in [5, 5.41) is 10.6. The molecule has 3 unspecified atom stereocenters. The predicted octanol–water partition coefficient (Wildman–Crippen LogP) is 5.97.